The number of benzene rings is 2. The lowest BCUT2D eigenvalue weighted by Crippen LogP contribution is -2.19. The molecular formula is C18H22N2. The Morgan fingerprint density at radius 1 is 0.950 bits per heavy atom. The molecule has 0 aliphatic carbocycles. The van der Waals surface area contributed by atoms with Crippen LogP contribution in [0.25, 0.3) is 16.8 Å². The zero-order valence-corrected chi connectivity index (χ0v) is 12.4. The summed E-state index contributed by atoms with van der Waals surface area (Å²) >= 11 is 0. The van der Waals surface area contributed by atoms with Crippen LogP contribution in [-0.2, 0) is 0 Å². The van der Waals surface area contributed by atoms with E-state index in [1.807, 2.05) is 13.0 Å². The maximum absolute atomic E-state index is 6.03. The first-order valence-corrected chi connectivity index (χ1v) is 6.96. The van der Waals surface area contributed by atoms with Gasteiger partial charge in [0, 0.05) is 19.3 Å². The minimum atomic E-state index is 0.849. The molecule has 0 bridgehead atoms. The molecule has 2 rings (SSSR count). The highest BCUT2D eigenvalue weighted by Gasteiger charge is 2.08. The van der Waals surface area contributed by atoms with Crippen LogP contribution in [0.3, 0.4) is 0 Å². The van der Waals surface area contributed by atoms with Crippen molar-refractivity contribution in [2.45, 2.75) is 13.8 Å². The van der Waals surface area contributed by atoms with Gasteiger partial charge < -0.3 is 10.6 Å². The van der Waals surface area contributed by atoms with Gasteiger partial charge in [0.2, 0.25) is 0 Å². The molecule has 0 atom stereocenters. The van der Waals surface area contributed by atoms with Crippen molar-refractivity contribution < 1.29 is 0 Å². The Hall–Kier alpha value is -2.22. The third-order valence-electron chi connectivity index (χ3n) is 3.50. The Morgan fingerprint density at radius 2 is 1.50 bits per heavy atom. The Kier molecular flexibility index (Phi) is 4.46. The zero-order chi connectivity index (χ0) is 14.5. The maximum Gasteiger partial charge on any atom is 0.0624 e. The van der Waals surface area contributed by atoms with Gasteiger partial charge in [-0.05, 0) is 30.5 Å². The number of hydrogen-bond donors (Lipinski definition) is 1. The quantitative estimate of drug-likeness (QED) is 0.907. The first-order chi connectivity index (χ1) is 9.63. The van der Waals surface area contributed by atoms with Gasteiger partial charge in [-0.25, -0.2) is 0 Å². The normalized spacial score (nSPS) is 11.9. The fourth-order valence-electron chi connectivity index (χ4n) is 2.36. The fourth-order valence-corrected chi connectivity index (χ4v) is 2.36. The molecule has 2 aromatic rings. The molecule has 0 heterocycles. The van der Waals surface area contributed by atoms with E-state index >= 15 is 0 Å². The molecule has 2 N–H and O–H groups in total. The van der Waals surface area contributed by atoms with E-state index in [0.29, 0.717) is 0 Å². The summed E-state index contributed by atoms with van der Waals surface area (Å²) in [6.07, 6.45) is 0. The number of allylic oxidation sites excluding steroid dienone is 1. The second-order valence-corrected chi connectivity index (χ2v) is 4.99. The highest BCUT2D eigenvalue weighted by Crippen LogP contribution is 2.24. The topological polar surface area (TPSA) is 29.3 Å². The van der Waals surface area contributed by atoms with Gasteiger partial charge in [-0.1, -0.05) is 54.6 Å². The van der Waals surface area contributed by atoms with E-state index in [1.54, 1.807) is 0 Å². The van der Waals surface area contributed by atoms with Gasteiger partial charge in [0.25, 0.3) is 0 Å². The minimum absolute atomic E-state index is 0.849. The van der Waals surface area contributed by atoms with Crippen molar-refractivity contribution in [2.75, 3.05) is 13.6 Å². The molecule has 0 aliphatic heterocycles. The average molecular weight is 266 g/mol. The molecule has 0 spiro atoms. The summed E-state index contributed by atoms with van der Waals surface area (Å²) in [5, 5.41) is 0. The second kappa shape index (κ2) is 6.29. The van der Waals surface area contributed by atoms with E-state index in [9.17, 15) is 0 Å². The van der Waals surface area contributed by atoms with Gasteiger partial charge in [-0.15, -0.1) is 0 Å². The number of nitrogens with zero attached hydrogens (tertiary/aromatic N) is 1. The molecule has 104 valence electrons. The van der Waals surface area contributed by atoms with Crippen LogP contribution in [0.1, 0.15) is 19.4 Å². The minimum Gasteiger partial charge on any atom is -0.401 e. The van der Waals surface area contributed by atoms with Crippen LogP contribution in [0, 0.1) is 0 Å². The summed E-state index contributed by atoms with van der Waals surface area (Å²) < 4.78 is 0. The zero-order valence-electron chi connectivity index (χ0n) is 12.4. The Balaban J connectivity index is 2.35. The largest absolute Gasteiger partial charge is 0.401 e. The lowest BCUT2D eigenvalue weighted by Gasteiger charge is -2.22. The van der Waals surface area contributed by atoms with Crippen molar-refractivity contribution in [1.29, 1.82) is 0 Å². The van der Waals surface area contributed by atoms with Crippen molar-refractivity contribution in [3.05, 3.63) is 65.9 Å². The van der Waals surface area contributed by atoms with Crippen molar-refractivity contribution in [3.8, 4) is 11.1 Å². The smallest absolute Gasteiger partial charge is 0.0624 e. The summed E-state index contributed by atoms with van der Waals surface area (Å²) in [5.74, 6) is 0. The van der Waals surface area contributed by atoms with Crippen molar-refractivity contribution in [3.63, 3.8) is 0 Å². The average Bonchev–Trinajstić information content (AvgIpc) is 2.48. The summed E-state index contributed by atoms with van der Waals surface area (Å²) in [6.45, 7) is 5.01. The molecule has 0 amide bonds. The van der Waals surface area contributed by atoms with Crippen LogP contribution in [0.15, 0.2) is 60.3 Å². The second-order valence-electron chi connectivity index (χ2n) is 4.99. The van der Waals surface area contributed by atoms with Crippen molar-refractivity contribution in [2.24, 2.45) is 5.73 Å². The monoisotopic (exact) mass is 266 g/mol. The standard InChI is InChI=1S/C18H22N2/c1-4-20(3)18(14(2)19)17-12-10-16(11-13-17)15-8-6-5-7-9-15/h5-13H,4,19H2,1-3H3/b18-14-. The molecule has 2 heteroatoms. The van der Waals surface area contributed by atoms with Gasteiger partial charge in [-0.3, -0.25) is 0 Å². The van der Waals surface area contributed by atoms with Crippen molar-refractivity contribution >= 4 is 5.70 Å². The van der Waals surface area contributed by atoms with E-state index in [-0.39, 0.29) is 0 Å². The van der Waals surface area contributed by atoms with E-state index in [0.717, 1.165) is 23.5 Å². The van der Waals surface area contributed by atoms with Gasteiger partial charge in [0.05, 0.1) is 5.70 Å². The predicted octanol–water partition coefficient (Wildman–Crippen LogP) is 3.95. The summed E-state index contributed by atoms with van der Waals surface area (Å²) in [7, 11) is 2.07. The maximum atomic E-state index is 6.03. The summed E-state index contributed by atoms with van der Waals surface area (Å²) in [5.41, 5.74) is 11.6. The lowest BCUT2D eigenvalue weighted by atomic mass is 10.0. The van der Waals surface area contributed by atoms with Crippen LogP contribution < -0.4 is 5.73 Å². The fraction of sp³-hybridized carbons (Fsp3) is 0.222. The summed E-state index contributed by atoms with van der Waals surface area (Å²) in [4.78, 5) is 2.17. The predicted molar refractivity (Wildman–Crippen MR) is 87.0 cm³/mol. The molecule has 0 saturated heterocycles. The third kappa shape index (κ3) is 3.02. The molecule has 2 aromatic carbocycles. The molecule has 0 fully saturated rings. The first-order valence-electron chi connectivity index (χ1n) is 6.96. The Morgan fingerprint density at radius 3 is 2.00 bits per heavy atom. The SMILES string of the molecule is CCN(C)/C(=C(/C)N)c1ccc(-c2ccccc2)cc1. The van der Waals surface area contributed by atoms with E-state index < -0.39 is 0 Å². The Bertz CT molecular complexity index is 579. The van der Waals surface area contributed by atoms with Crippen LogP contribution in [0.5, 0.6) is 0 Å². The van der Waals surface area contributed by atoms with Crippen LogP contribution in [-0.4, -0.2) is 18.5 Å². The highest BCUT2D eigenvalue weighted by molar-refractivity contribution is 5.70. The molecule has 0 saturated carbocycles. The van der Waals surface area contributed by atoms with E-state index in [1.165, 1.54) is 11.1 Å². The van der Waals surface area contributed by atoms with Gasteiger partial charge in [0.15, 0.2) is 0 Å². The van der Waals surface area contributed by atoms with Crippen LogP contribution >= 0.6 is 0 Å². The first kappa shape index (κ1) is 14.2. The molecule has 0 unspecified atom stereocenters. The van der Waals surface area contributed by atoms with Gasteiger partial charge >= 0.3 is 0 Å². The van der Waals surface area contributed by atoms with Crippen molar-refractivity contribution in [1.82, 2.24) is 4.90 Å². The number of nitrogens with two attached hydrogens (primary N) is 1. The highest BCUT2D eigenvalue weighted by atomic mass is 15.1. The van der Waals surface area contributed by atoms with Crippen LogP contribution in [0.2, 0.25) is 0 Å². The Labute approximate surface area is 121 Å². The van der Waals surface area contributed by atoms with Crippen LogP contribution in [0.4, 0.5) is 0 Å². The summed E-state index contributed by atoms with van der Waals surface area (Å²) in [6, 6.07) is 19.0. The number of hydrogen-bond acceptors (Lipinski definition) is 2. The van der Waals surface area contributed by atoms with E-state index in [2.05, 4.69) is 67.4 Å². The molecule has 0 aromatic heterocycles. The molecule has 2 nitrogen and oxygen atoms in total. The third-order valence-corrected chi connectivity index (χ3v) is 3.50. The number of rotatable bonds is 4. The molecule has 0 aliphatic rings. The van der Waals surface area contributed by atoms with E-state index in [4.69, 9.17) is 5.73 Å². The molecular weight excluding hydrogens is 244 g/mol. The molecule has 0 radical (unpaired) electrons. The van der Waals surface area contributed by atoms with Gasteiger partial charge in [-0.2, -0.15) is 0 Å². The van der Waals surface area contributed by atoms with Gasteiger partial charge in [0.1, 0.15) is 0 Å². The molecule has 20 heavy (non-hydrogen) atoms. The lowest BCUT2D eigenvalue weighted by molar-refractivity contribution is 0.505.